The van der Waals surface area contributed by atoms with Crippen LogP contribution in [-0.4, -0.2) is 5.75 Å². The van der Waals surface area contributed by atoms with E-state index >= 15 is 0 Å². The Morgan fingerprint density at radius 2 is 2.00 bits per heavy atom. The summed E-state index contributed by atoms with van der Waals surface area (Å²) in [6.45, 7) is 2.18. The van der Waals surface area contributed by atoms with Gasteiger partial charge >= 0.3 is 0 Å². The van der Waals surface area contributed by atoms with Crippen molar-refractivity contribution in [2.45, 2.75) is 19.8 Å². The third kappa shape index (κ3) is 8.91. The molecule has 0 N–H and O–H groups in total. The summed E-state index contributed by atoms with van der Waals surface area (Å²) < 4.78 is 0. The summed E-state index contributed by atoms with van der Waals surface area (Å²) in [5.74, 6) is 1.15. The SMILES string of the molecule is CCCC[SH2+].[I-]. The molecule has 0 bridgehead atoms. The average molecular weight is 218 g/mol. The molecule has 0 unspecified atom stereocenters. The minimum Gasteiger partial charge on any atom is -1.00 e. The highest BCUT2D eigenvalue weighted by Crippen LogP contribution is 1.80. The maximum Gasteiger partial charge on any atom is 0.103 e. The summed E-state index contributed by atoms with van der Waals surface area (Å²) in [6.07, 6.45) is 2.60. The maximum atomic E-state index is 3.35. The maximum absolute atomic E-state index is 3.35. The van der Waals surface area contributed by atoms with Crippen LogP contribution >= 0.6 is 0 Å². The lowest BCUT2D eigenvalue weighted by Crippen LogP contribution is -3.00. The highest BCUT2D eigenvalue weighted by Gasteiger charge is 1.74. The van der Waals surface area contributed by atoms with Crippen molar-refractivity contribution in [3.63, 3.8) is 0 Å². The fourth-order valence-corrected chi connectivity index (χ4v) is 0.530. The molecule has 0 nitrogen and oxygen atoms in total. The molecule has 0 aromatic carbocycles. The first-order chi connectivity index (χ1) is 2.41. The van der Waals surface area contributed by atoms with Crippen molar-refractivity contribution < 1.29 is 24.0 Å². The second kappa shape index (κ2) is 9.43. The Balaban J connectivity index is 0. The zero-order valence-electron chi connectivity index (χ0n) is 4.00. The molecular formula is C4H11IS. The van der Waals surface area contributed by atoms with Crippen molar-refractivity contribution in [1.29, 1.82) is 0 Å². The first kappa shape index (κ1) is 10.1. The molecule has 40 valence electrons. The summed E-state index contributed by atoms with van der Waals surface area (Å²) in [5, 5.41) is 0. The van der Waals surface area contributed by atoms with E-state index in [2.05, 4.69) is 19.6 Å². The van der Waals surface area contributed by atoms with Crippen LogP contribution in [0.3, 0.4) is 0 Å². The zero-order chi connectivity index (χ0) is 4.12. The van der Waals surface area contributed by atoms with Crippen molar-refractivity contribution in [2.24, 2.45) is 0 Å². The van der Waals surface area contributed by atoms with Crippen LogP contribution in [0.1, 0.15) is 19.8 Å². The molecule has 0 saturated carbocycles. The van der Waals surface area contributed by atoms with Gasteiger partial charge in [-0.15, -0.1) is 0 Å². The predicted molar refractivity (Wildman–Crippen MR) is 29.9 cm³/mol. The number of rotatable bonds is 2. The molecule has 0 aromatic rings. The van der Waals surface area contributed by atoms with Gasteiger partial charge in [-0.25, -0.2) is 0 Å². The molecular weight excluding hydrogens is 207 g/mol. The summed E-state index contributed by atoms with van der Waals surface area (Å²) >= 11 is 3.35. The van der Waals surface area contributed by atoms with E-state index in [1.165, 1.54) is 12.8 Å². The Morgan fingerprint density at radius 1 is 1.50 bits per heavy atom. The fourth-order valence-electron chi connectivity index (χ4n) is 0.177. The van der Waals surface area contributed by atoms with Crippen LogP contribution < -0.4 is 24.0 Å². The van der Waals surface area contributed by atoms with Crippen LogP contribution in [0, 0.1) is 0 Å². The van der Waals surface area contributed by atoms with Crippen LogP contribution in [0.25, 0.3) is 0 Å². The lowest BCUT2D eigenvalue weighted by Gasteiger charge is -1.73. The van der Waals surface area contributed by atoms with E-state index in [0.717, 1.165) is 5.75 Å². The van der Waals surface area contributed by atoms with Crippen molar-refractivity contribution in [2.75, 3.05) is 5.75 Å². The van der Waals surface area contributed by atoms with Crippen LogP contribution in [0.5, 0.6) is 0 Å². The smallest absolute Gasteiger partial charge is 0.103 e. The van der Waals surface area contributed by atoms with E-state index in [4.69, 9.17) is 0 Å². The number of hydrogen-bond acceptors (Lipinski definition) is 0. The first-order valence-corrected chi connectivity index (χ1v) is 2.77. The van der Waals surface area contributed by atoms with E-state index < -0.39 is 0 Å². The predicted octanol–water partition coefficient (Wildman–Crippen LogP) is -2.20. The minimum absolute atomic E-state index is 0. The molecule has 0 rings (SSSR count). The molecule has 0 aliphatic heterocycles. The van der Waals surface area contributed by atoms with Crippen LogP contribution in [-0.2, 0) is 12.6 Å². The standard InChI is InChI=1S/C4H10S.HI/c1-2-3-4-5;/h5H,2-4H2,1H3;1H. The molecule has 0 aliphatic carbocycles. The molecule has 0 radical (unpaired) electrons. The third-order valence-electron chi connectivity index (χ3n) is 0.530. The van der Waals surface area contributed by atoms with E-state index in [1.807, 2.05) is 0 Å². The highest BCUT2D eigenvalue weighted by atomic mass is 127. The zero-order valence-corrected chi connectivity index (χ0v) is 7.16. The molecule has 0 aromatic heterocycles. The van der Waals surface area contributed by atoms with Crippen molar-refractivity contribution in [3.8, 4) is 0 Å². The monoisotopic (exact) mass is 218 g/mol. The summed E-state index contributed by atoms with van der Waals surface area (Å²) in [7, 11) is 0. The number of hydrogen-bond donors (Lipinski definition) is 0. The summed E-state index contributed by atoms with van der Waals surface area (Å²) in [4.78, 5) is 0. The van der Waals surface area contributed by atoms with E-state index in [9.17, 15) is 0 Å². The van der Waals surface area contributed by atoms with Gasteiger partial charge in [0.05, 0.1) is 0 Å². The van der Waals surface area contributed by atoms with Gasteiger partial charge in [0.25, 0.3) is 0 Å². The molecule has 0 saturated heterocycles. The lowest BCUT2D eigenvalue weighted by atomic mass is 10.4. The first-order valence-electron chi connectivity index (χ1n) is 2.06. The van der Waals surface area contributed by atoms with E-state index in [1.54, 1.807) is 0 Å². The van der Waals surface area contributed by atoms with Gasteiger partial charge in [-0.05, 0) is 19.0 Å². The third-order valence-corrected chi connectivity index (χ3v) is 0.884. The van der Waals surface area contributed by atoms with Crippen molar-refractivity contribution >= 4 is 12.6 Å². The molecule has 2 heteroatoms. The van der Waals surface area contributed by atoms with Gasteiger partial charge in [-0.2, -0.15) is 0 Å². The van der Waals surface area contributed by atoms with Crippen LogP contribution in [0.2, 0.25) is 0 Å². The minimum atomic E-state index is 0. The van der Waals surface area contributed by atoms with Crippen molar-refractivity contribution in [3.05, 3.63) is 0 Å². The summed E-state index contributed by atoms with van der Waals surface area (Å²) in [5.41, 5.74) is 0. The molecule has 0 heterocycles. The quantitative estimate of drug-likeness (QED) is 0.364. The number of halogens is 1. The Kier molecular flexibility index (Phi) is 15.9. The second-order valence-corrected chi connectivity index (χ2v) is 1.60. The van der Waals surface area contributed by atoms with Gasteiger partial charge in [0, 0.05) is 0 Å². The Morgan fingerprint density at radius 3 is 2.00 bits per heavy atom. The Labute approximate surface area is 62.1 Å². The summed E-state index contributed by atoms with van der Waals surface area (Å²) in [6, 6.07) is 0. The normalized spacial score (nSPS) is 7.00. The molecule has 0 fully saturated rings. The van der Waals surface area contributed by atoms with Gasteiger partial charge in [0.1, 0.15) is 5.75 Å². The molecule has 0 amide bonds. The van der Waals surface area contributed by atoms with Gasteiger partial charge in [0.15, 0.2) is 0 Å². The molecule has 0 spiro atoms. The van der Waals surface area contributed by atoms with Gasteiger partial charge in [-0.1, -0.05) is 13.3 Å². The molecule has 0 atom stereocenters. The van der Waals surface area contributed by atoms with E-state index in [0.29, 0.717) is 0 Å². The molecule has 6 heavy (non-hydrogen) atoms. The Bertz CT molecular complexity index is 15.0. The van der Waals surface area contributed by atoms with Gasteiger partial charge in [0.2, 0.25) is 0 Å². The van der Waals surface area contributed by atoms with Gasteiger partial charge in [-0.3, -0.25) is 0 Å². The van der Waals surface area contributed by atoms with Crippen LogP contribution in [0.15, 0.2) is 0 Å². The topological polar surface area (TPSA) is 0 Å². The lowest BCUT2D eigenvalue weighted by molar-refractivity contribution is -0.00000108. The van der Waals surface area contributed by atoms with Gasteiger partial charge < -0.3 is 24.0 Å². The Hall–Kier alpha value is 1.08. The number of unbranched alkanes of at least 4 members (excludes halogenated alkanes) is 1. The fraction of sp³-hybridized carbons (Fsp3) is 1.00. The highest BCUT2D eigenvalue weighted by molar-refractivity contribution is 7.58. The largest absolute Gasteiger partial charge is 1.00 e. The second-order valence-electron chi connectivity index (χ2n) is 1.10. The van der Waals surface area contributed by atoms with Crippen molar-refractivity contribution in [1.82, 2.24) is 0 Å². The van der Waals surface area contributed by atoms with E-state index in [-0.39, 0.29) is 24.0 Å². The average Bonchev–Trinajstić information content (AvgIpc) is 1.41. The molecule has 0 aliphatic rings. The van der Waals surface area contributed by atoms with Crippen LogP contribution in [0.4, 0.5) is 0 Å².